The first kappa shape index (κ1) is 21.4. The number of nitrogens with zero attached hydrogens (tertiary/aromatic N) is 1. The number of carbonyl (C=O) groups excluding carboxylic acids is 1. The Morgan fingerprint density at radius 2 is 1.69 bits per heavy atom. The van der Waals surface area contributed by atoms with Crippen molar-refractivity contribution in [1.29, 1.82) is 0 Å². The Balaban J connectivity index is 1.70. The lowest BCUT2D eigenvalue weighted by Crippen LogP contribution is -2.32. The standard InChI is InChI=1S/C23H30N2O3S/c1-4-25(29(27,28)5-2)22-14-12-19(13-15-22)23(26)24-17(3)20-11-10-18-8-6-7-9-21(18)16-20/h10-17H,4-9H2,1-3H3,(H,24,26)/t17-/m1/s1. The van der Waals surface area contributed by atoms with E-state index < -0.39 is 10.0 Å². The maximum atomic E-state index is 12.7. The zero-order valence-electron chi connectivity index (χ0n) is 17.4. The van der Waals surface area contributed by atoms with Crippen molar-refractivity contribution in [3.63, 3.8) is 0 Å². The summed E-state index contributed by atoms with van der Waals surface area (Å²) in [5.41, 5.74) is 5.03. The van der Waals surface area contributed by atoms with E-state index in [1.54, 1.807) is 38.1 Å². The third kappa shape index (κ3) is 4.81. The monoisotopic (exact) mass is 414 g/mol. The second-order valence-electron chi connectivity index (χ2n) is 7.54. The molecular formula is C23H30N2O3S. The smallest absolute Gasteiger partial charge is 0.251 e. The minimum Gasteiger partial charge on any atom is -0.346 e. The van der Waals surface area contributed by atoms with Crippen LogP contribution in [0.5, 0.6) is 0 Å². The fourth-order valence-electron chi connectivity index (χ4n) is 3.86. The molecule has 1 N–H and O–H groups in total. The summed E-state index contributed by atoms with van der Waals surface area (Å²) in [6, 6.07) is 13.2. The van der Waals surface area contributed by atoms with Crippen LogP contribution in [0.4, 0.5) is 5.69 Å². The van der Waals surface area contributed by atoms with Crippen molar-refractivity contribution in [2.24, 2.45) is 0 Å². The first-order valence-corrected chi connectivity index (χ1v) is 12.0. The van der Waals surface area contributed by atoms with Crippen molar-refractivity contribution in [3.05, 3.63) is 64.7 Å². The Morgan fingerprint density at radius 1 is 1.03 bits per heavy atom. The fourth-order valence-corrected chi connectivity index (χ4v) is 5.01. The van der Waals surface area contributed by atoms with E-state index >= 15 is 0 Å². The lowest BCUT2D eigenvalue weighted by atomic mass is 9.89. The molecule has 0 spiro atoms. The van der Waals surface area contributed by atoms with Gasteiger partial charge in [0.05, 0.1) is 17.5 Å². The molecule has 1 aliphatic rings. The van der Waals surface area contributed by atoms with Crippen molar-refractivity contribution in [3.8, 4) is 0 Å². The van der Waals surface area contributed by atoms with Crippen LogP contribution in [0.3, 0.4) is 0 Å². The number of benzene rings is 2. The van der Waals surface area contributed by atoms with Gasteiger partial charge in [0.2, 0.25) is 10.0 Å². The minimum atomic E-state index is -3.33. The van der Waals surface area contributed by atoms with Gasteiger partial charge in [-0.15, -0.1) is 0 Å². The highest BCUT2D eigenvalue weighted by molar-refractivity contribution is 7.92. The fraction of sp³-hybridized carbons (Fsp3) is 0.435. The number of hydrogen-bond donors (Lipinski definition) is 1. The molecule has 2 aromatic carbocycles. The molecule has 0 fully saturated rings. The summed E-state index contributed by atoms with van der Waals surface area (Å²) in [7, 11) is -3.33. The molecule has 1 amide bonds. The van der Waals surface area contributed by atoms with E-state index in [1.807, 2.05) is 6.92 Å². The van der Waals surface area contributed by atoms with Gasteiger partial charge in [0.15, 0.2) is 0 Å². The van der Waals surface area contributed by atoms with Crippen LogP contribution in [0.25, 0.3) is 0 Å². The van der Waals surface area contributed by atoms with Crippen molar-refractivity contribution in [2.75, 3.05) is 16.6 Å². The average molecular weight is 415 g/mol. The van der Waals surface area contributed by atoms with E-state index in [2.05, 4.69) is 23.5 Å². The quantitative estimate of drug-likeness (QED) is 0.737. The number of carbonyl (C=O) groups is 1. The van der Waals surface area contributed by atoms with Crippen LogP contribution in [0.2, 0.25) is 0 Å². The molecule has 1 aliphatic carbocycles. The largest absolute Gasteiger partial charge is 0.346 e. The maximum Gasteiger partial charge on any atom is 0.251 e. The molecule has 5 nitrogen and oxygen atoms in total. The zero-order valence-corrected chi connectivity index (χ0v) is 18.3. The van der Waals surface area contributed by atoms with E-state index in [-0.39, 0.29) is 17.7 Å². The van der Waals surface area contributed by atoms with Crippen LogP contribution in [0, 0.1) is 0 Å². The van der Waals surface area contributed by atoms with E-state index in [0.29, 0.717) is 17.8 Å². The average Bonchev–Trinajstić information content (AvgIpc) is 2.74. The Morgan fingerprint density at radius 3 is 2.31 bits per heavy atom. The molecule has 2 aromatic rings. The molecule has 0 heterocycles. The lowest BCUT2D eigenvalue weighted by molar-refractivity contribution is 0.0940. The van der Waals surface area contributed by atoms with Gasteiger partial charge in [-0.25, -0.2) is 8.42 Å². The Labute approximate surface area is 174 Å². The van der Waals surface area contributed by atoms with Crippen LogP contribution < -0.4 is 9.62 Å². The van der Waals surface area contributed by atoms with Gasteiger partial charge in [-0.1, -0.05) is 18.2 Å². The molecule has 0 aliphatic heterocycles. The summed E-state index contributed by atoms with van der Waals surface area (Å²) in [5, 5.41) is 3.05. The van der Waals surface area contributed by atoms with E-state index in [4.69, 9.17) is 0 Å². The van der Waals surface area contributed by atoms with Gasteiger partial charge >= 0.3 is 0 Å². The number of fused-ring (bicyclic) bond motifs is 1. The van der Waals surface area contributed by atoms with Crippen molar-refractivity contribution in [2.45, 2.75) is 52.5 Å². The van der Waals surface area contributed by atoms with Crippen LogP contribution in [-0.2, 0) is 22.9 Å². The van der Waals surface area contributed by atoms with Gasteiger partial charge in [0.25, 0.3) is 5.91 Å². The van der Waals surface area contributed by atoms with Gasteiger partial charge in [-0.05, 0) is 87.4 Å². The van der Waals surface area contributed by atoms with Crippen molar-refractivity contribution < 1.29 is 13.2 Å². The SMILES string of the molecule is CCN(c1ccc(C(=O)N[C@H](C)c2ccc3c(c2)CCCC3)cc1)S(=O)(=O)CC. The summed E-state index contributed by atoms with van der Waals surface area (Å²) < 4.78 is 25.8. The first-order valence-electron chi connectivity index (χ1n) is 10.4. The zero-order chi connectivity index (χ0) is 21.0. The molecular weight excluding hydrogens is 384 g/mol. The molecule has 29 heavy (non-hydrogen) atoms. The third-order valence-electron chi connectivity index (χ3n) is 5.63. The Bertz CT molecular complexity index is 968. The van der Waals surface area contributed by atoms with Crippen molar-refractivity contribution >= 4 is 21.6 Å². The van der Waals surface area contributed by atoms with Crippen molar-refractivity contribution in [1.82, 2.24) is 5.32 Å². The predicted octanol–water partition coefficient (Wildman–Crippen LogP) is 4.23. The van der Waals surface area contributed by atoms with E-state index in [9.17, 15) is 13.2 Å². The molecule has 0 saturated heterocycles. The third-order valence-corrected chi connectivity index (χ3v) is 7.50. The molecule has 6 heteroatoms. The molecule has 0 radical (unpaired) electrons. The topological polar surface area (TPSA) is 66.5 Å². The molecule has 0 aromatic heterocycles. The molecule has 3 rings (SSSR count). The molecule has 0 bridgehead atoms. The number of sulfonamides is 1. The number of amides is 1. The summed E-state index contributed by atoms with van der Waals surface area (Å²) in [4.78, 5) is 12.7. The Kier molecular flexibility index (Phi) is 6.63. The van der Waals surface area contributed by atoms with E-state index in [0.717, 1.165) is 18.4 Å². The maximum absolute atomic E-state index is 12.7. The van der Waals surface area contributed by atoms with Crippen LogP contribution >= 0.6 is 0 Å². The first-order chi connectivity index (χ1) is 13.9. The van der Waals surface area contributed by atoms with Gasteiger partial charge < -0.3 is 5.32 Å². The van der Waals surface area contributed by atoms with Crippen LogP contribution in [0.15, 0.2) is 42.5 Å². The summed E-state index contributed by atoms with van der Waals surface area (Å²) in [6.07, 6.45) is 4.74. The summed E-state index contributed by atoms with van der Waals surface area (Å²) in [5.74, 6) is -0.121. The molecule has 156 valence electrons. The highest BCUT2D eigenvalue weighted by Crippen LogP contribution is 2.25. The van der Waals surface area contributed by atoms with Gasteiger partial charge in [-0.3, -0.25) is 9.10 Å². The number of aryl methyl sites for hydroxylation is 2. The molecule has 0 saturated carbocycles. The van der Waals surface area contributed by atoms with Crippen LogP contribution in [0.1, 0.15) is 66.7 Å². The highest BCUT2D eigenvalue weighted by Gasteiger charge is 2.19. The number of nitrogens with one attached hydrogen (secondary N) is 1. The normalized spacial score (nSPS) is 14.7. The van der Waals surface area contributed by atoms with E-state index in [1.165, 1.54) is 28.3 Å². The summed E-state index contributed by atoms with van der Waals surface area (Å²) in [6.45, 7) is 5.77. The number of rotatable bonds is 7. The van der Waals surface area contributed by atoms with Gasteiger partial charge in [0, 0.05) is 12.1 Å². The van der Waals surface area contributed by atoms with Gasteiger partial charge in [-0.2, -0.15) is 0 Å². The summed E-state index contributed by atoms with van der Waals surface area (Å²) >= 11 is 0. The second-order valence-corrected chi connectivity index (χ2v) is 9.72. The predicted molar refractivity (Wildman–Crippen MR) is 118 cm³/mol. The highest BCUT2D eigenvalue weighted by atomic mass is 32.2. The number of anilines is 1. The minimum absolute atomic E-state index is 0.0430. The Hall–Kier alpha value is -2.34. The second kappa shape index (κ2) is 8.99. The molecule has 1 atom stereocenters. The molecule has 0 unspecified atom stereocenters. The van der Waals surface area contributed by atoms with Crippen LogP contribution in [-0.4, -0.2) is 26.6 Å². The number of hydrogen-bond acceptors (Lipinski definition) is 3. The van der Waals surface area contributed by atoms with Gasteiger partial charge in [0.1, 0.15) is 0 Å². The lowest BCUT2D eigenvalue weighted by Gasteiger charge is -2.22.